The van der Waals surface area contributed by atoms with E-state index in [1.165, 1.54) is 6.20 Å². The molecule has 0 aromatic carbocycles. The van der Waals surface area contributed by atoms with Gasteiger partial charge in [-0.25, -0.2) is 14.2 Å². The van der Waals surface area contributed by atoms with Gasteiger partial charge >= 0.3 is 7.82 Å². The Morgan fingerprint density at radius 3 is 2.97 bits per heavy atom. The zero-order chi connectivity index (χ0) is 21.0. The first-order valence-electron chi connectivity index (χ1n) is 9.09. The van der Waals surface area contributed by atoms with Crippen molar-refractivity contribution >= 4 is 13.7 Å². The first-order chi connectivity index (χ1) is 13.6. The van der Waals surface area contributed by atoms with Crippen LogP contribution >= 0.6 is 7.82 Å². The van der Waals surface area contributed by atoms with Gasteiger partial charge in [0.05, 0.1) is 29.5 Å². The summed E-state index contributed by atoms with van der Waals surface area (Å²) in [5, 5.41) is 16.4. The topological polar surface area (TPSA) is 150 Å². The van der Waals surface area contributed by atoms with Crippen LogP contribution in [-0.2, 0) is 15.5 Å². The number of hydrogen-bond donors (Lipinski definition) is 3. The van der Waals surface area contributed by atoms with E-state index < -0.39 is 19.3 Å². The van der Waals surface area contributed by atoms with Crippen molar-refractivity contribution in [3.05, 3.63) is 40.8 Å². The van der Waals surface area contributed by atoms with Crippen LogP contribution < -0.4 is 5.32 Å². The average molecular weight is 417 g/mol. The van der Waals surface area contributed by atoms with Crippen molar-refractivity contribution in [1.82, 2.24) is 20.1 Å². The number of nitrogens with one attached hydrogen (secondary N) is 1. The summed E-state index contributed by atoms with van der Waals surface area (Å²) < 4.78 is 17.1. The van der Waals surface area contributed by atoms with Crippen molar-refractivity contribution in [3.63, 3.8) is 0 Å². The first kappa shape index (κ1) is 19.7. The second-order valence-electron chi connectivity index (χ2n) is 8.05. The molecular formula is C18H20N5O5P. The lowest BCUT2D eigenvalue weighted by atomic mass is 10.1. The predicted molar refractivity (Wildman–Crippen MR) is 100 cm³/mol. The fourth-order valence-corrected chi connectivity index (χ4v) is 4.22. The van der Waals surface area contributed by atoms with E-state index in [2.05, 4.69) is 26.0 Å². The molecule has 11 heteroatoms. The maximum atomic E-state index is 12.9. The summed E-state index contributed by atoms with van der Waals surface area (Å²) in [7, 11) is -4.64. The highest BCUT2D eigenvalue weighted by Gasteiger charge is 2.50. The van der Waals surface area contributed by atoms with Crippen molar-refractivity contribution < 1.29 is 23.7 Å². The van der Waals surface area contributed by atoms with Gasteiger partial charge in [0, 0.05) is 23.7 Å². The molecule has 2 unspecified atom stereocenters. The molecule has 2 atom stereocenters. The first-order valence-corrected chi connectivity index (χ1v) is 10.6. The van der Waals surface area contributed by atoms with Crippen molar-refractivity contribution in [2.45, 2.75) is 38.1 Å². The molecule has 2 aromatic rings. The molecule has 3 N–H and O–H groups in total. The minimum absolute atomic E-state index is 0.264. The molecule has 2 aromatic heterocycles. The van der Waals surface area contributed by atoms with Crippen molar-refractivity contribution in [3.8, 4) is 11.9 Å². The Kier molecular flexibility index (Phi) is 4.59. The third-order valence-corrected chi connectivity index (χ3v) is 5.58. The second-order valence-corrected chi connectivity index (χ2v) is 9.29. The highest BCUT2D eigenvalue weighted by atomic mass is 31.2. The highest BCUT2D eigenvalue weighted by Crippen LogP contribution is 2.57. The number of phosphoric acid groups is 1. The Hall–Kier alpha value is -2.57. The summed E-state index contributed by atoms with van der Waals surface area (Å²) in [5.74, 6) is 0.858. The number of nitrogens with zero attached hydrogens (tertiary/aromatic N) is 4. The Balaban J connectivity index is 1.64. The van der Waals surface area contributed by atoms with Crippen LogP contribution in [0.4, 0.5) is 0 Å². The highest BCUT2D eigenvalue weighted by molar-refractivity contribution is 7.46. The fourth-order valence-electron chi connectivity index (χ4n) is 3.72. The monoisotopic (exact) mass is 417 g/mol. The zero-order valence-electron chi connectivity index (χ0n) is 15.9. The summed E-state index contributed by atoms with van der Waals surface area (Å²) in [4.78, 5) is 35.0. The van der Waals surface area contributed by atoms with Crippen molar-refractivity contribution in [2.75, 3.05) is 6.61 Å². The molecular weight excluding hydrogens is 397 g/mol. The van der Waals surface area contributed by atoms with Gasteiger partial charge in [-0.15, -0.1) is 0 Å². The van der Waals surface area contributed by atoms with Gasteiger partial charge in [-0.05, 0) is 38.7 Å². The molecule has 1 saturated carbocycles. The molecule has 1 fully saturated rings. The quantitative estimate of drug-likeness (QED) is 0.597. The van der Waals surface area contributed by atoms with Gasteiger partial charge in [-0.3, -0.25) is 9.32 Å². The normalized spacial score (nSPS) is 20.0. The van der Waals surface area contributed by atoms with E-state index in [0.717, 1.165) is 24.1 Å². The summed E-state index contributed by atoms with van der Waals surface area (Å²) in [6.07, 6.45) is 3.32. The lowest BCUT2D eigenvalue weighted by molar-refractivity contribution is 0.0848. The molecule has 2 aliphatic rings. The van der Waals surface area contributed by atoms with E-state index in [0.29, 0.717) is 23.2 Å². The number of fused-ring (bicyclic) bond motifs is 3. The number of phosphoric ester groups is 1. The van der Waals surface area contributed by atoms with Crippen LogP contribution in [0.5, 0.6) is 0 Å². The van der Waals surface area contributed by atoms with E-state index in [1.807, 2.05) is 0 Å². The van der Waals surface area contributed by atoms with Crippen LogP contribution in [0.25, 0.3) is 5.82 Å². The standard InChI is InChI=1S/C18H20N5O5P/c1-18(2,9-28-29(25,26)27)21-17(24)15-13-7-11-6-12(11)16(13)23(22-15)14-5-10(8-19)3-4-20-14/h3-5,11-12H,6-7,9H2,1-2H3,(H,21,24)(H2,25,26,27). The van der Waals surface area contributed by atoms with Gasteiger partial charge in [0.2, 0.25) is 0 Å². The molecule has 0 saturated heterocycles. The number of rotatable bonds is 6. The molecule has 0 bridgehead atoms. The molecule has 2 aliphatic carbocycles. The molecule has 29 heavy (non-hydrogen) atoms. The third-order valence-electron chi connectivity index (χ3n) is 5.12. The molecule has 2 heterocycles. The van der Waals surface area contributed by atoms with Crippen LogP contribution in [0.2, 0.25) is 0 Å². The van der Waals surface area contributed by atoms with E-state index in [-0.39, 0.29) is 12.3 Å². The number of aromatic nitrogens is 3. The van der Waals surface area contributed by atoms with E-state index >= 15 is 0 Å². The molecule has 10 nitrogen and oxygen atoms in total. The zero-order valence-corrected chi connectivity index (χ0v) is 16.8. The lowest BCUT2D eigenvalue weighted by Crippen LogP contribution is -2.47. The van der Waals surface area contributed by atoms with Gasteiger partial charge in [0.15, 0.2) is 11.5 Å². The van der Waals surface area contributed by atoms with Crippen LogP contribution in [0.1, 0.15) is 53.5 Å². The number of nitriles is 1. The SMILES string of the molecule is CC(C)(COP(=O)(O)O)NC(=O)c1nn(-c2cc(C#N)ccn2)c2c1CC1CC21. The Morgan fingerprint density at radius 2 is 2.28 bits per heavy atom. The largest absolute Gasteiger partial charge is 0.469 e. The van der Waals surface area contributed by atoms with Gasteiger partial charge < -0.3 is 15.1 Å². The molecule has 1 amide bonds. The molecule has 152 valence electrons. The molecule has 0 aliphatic heterocycles. The van der Waals surface area contributed by atoms with E-state index in [4.69, 9.17) is 15.0 Å². The molecule has 4 rings (SSSR count). The summed E-state index contributed by atoms with van der Waals surface area (Å²) >= 11 is 0. The second kappa shape index (κ2) is 6.75. The molecule has 0 spiro atoms. The minimum Gasteiger partial charge on any atom is -0.343 e. The number of carbonyl (C=O) groups is 1. The van der Waals surface area contributed by atoms with Crippen LogP contribution in [0, 0.1) is 17.2 Å². The lowest BCUT2D eigenvalue weighted by Gasteiger charge is -2.25. The Morgan fingerprint density at radius 1 is 1.52 bits per heavy atom. The third kappa shape index (κ3) is 3.95. The predicted octanol–water partition coefficient (Wildman–Crippen LogP) is 1.42. The summed E-state index contributed by atoms with van der Waals surface area (Å²) in [6, 6.07) is 5.30. The smallest absolute Gasteiger partial charge is 0.343 e. The van der Waals surface area contributed by atoms with E-state index in [1.54, 1.807) is 30.7 Å². The van der Waals surface area contributed by atoms with Gasteiger partial charge in [0.25, 0.3) is 5.91 Å². The summed E-state index contributed by atoms with van der Waals surface area (Å²) in [6.45, 7) is 2.85. The minimum atomic E-state index is -4.64. The van der Waals surface area contributed by atoms with Gasteiger partial charge in [-0.2, -0.15) is 10.4 Å². The Bertz CT molecular complexity index is 1080. The van der Waals surface area contributed by atoms with Gasteiger partial charge in [-0.1, -0.05) is 0 Å². The van der Waals surface area contributed by atoms with Gasteiger partial charge in [0.1, 0.15) is 0 Å². The van der Waals surface area contributed by atoms with Crippen molar-refractivity contribution in [1.29, 1.82) is 5.26 Å². The maximum absolute atomic E-state index is 12.9. The number of pyridine rings is 1. The average Bonchev–Trinajstić information content (AvgIpc) is 3.15. The number of hydrogen-bond acceptors (Lipinski definition) is 6. The Labute approximate surface area is 166 Å². The van der Waals surface area contributed by atoms with Crippen molar-refractivity contribution in [2.24, 2.45) is 5.92 Å². The van der Waals surface area contributed by atoms with Crippen LogP contribution in [-0.4, -0.2) is 42.6 Å². The number of carbonyl (C=O) groups excluding carboxylic acids is 1. The van der Waals surface area contributed by atoms with E-state index in [9.17, 15) is 9.36 Å². The maximum Gasteiger partial charge on any atom is 0.469 e. The van der Waals surface area contributed by atoms with Crippen LogP contribution in [0.3, 0.4) is 0 Å². The van der Waals surface area contributed by atoms with Crippen LogP contribution in [0.15, 0.2) is 18.3 Å². The fraction of sp³-hybridized carbons (Fsp3) is 0.444. The number of amides is 1. The molecule has 0 radical (unpaired) electrons. The summed E-state index contributed by atoms with van der Waals surface area (Å²) in [5.41, 5.74) is 1.51.